The van der Waals surface area contributed by atoms with E-state index in [9.17, 15) is 5.11 Å². The molecule has 2 bridgehead atoms. The molecule has 1 heterocycles. The molecule has 4 rings (SSSR count). The molecule has 2 aromatic carbocycles. The zero-order valence-corrected chi connectivity index (χ0v) is 14.6. The van der Waals surface area contributed by atoms with Gasteiger partial charge in [0, 0.05) is 23.9 Å². The highest BCUT2D eigenvalue weighted by atomic mass is 16.3. The Morgan fingerprint density at radius 2 is 1.25 bits per heavy atom. The number of rotatable bonds is 2. The van der Waals surface area contributed by atoms with Gasteiger partial charge in [-0.1, -0.05) is 67.1 Å². The molecule has 2 aliphatic rings. The van der Waals surface area contributed by atoms with Crippen molar-refractivity contribution in [2.45, 2.75) is 43.9 Å². The van der Waals surface area contributed by atoms with Crippen molar-refractivity contribution < 1.29 is 5.11 Å². The maximum atomic E-state index is 11.5. The first kappa shape index (κ1) is 15.9. The van der Waals surface area contributed by atoms with E-state index in [4.69, 9.17) is 0 Å². The van der Waals surface area contributed by atoms with Gasteiger partial charge in [-0.2, -0.15) is 0 Å². The van der Waals surface area contributed by atoms with Crippen molar-refractivity contribution in [2.24, 2.45) is 11.8 Å². The molecule has 126 valence electrons. The summed E-state index contributed by atoms with van der Waals surface area (Å²) in [5.41, 5.74) is 2.03. The first-order valence-electron chi connectivity index (χ1n) is 9.15. The molecule has 1 aliphatic heterocycles. The molecule has 2 nitrogen and oxygen atoms in total. The SMILES string of the molecule is CN1C(c2ccccc2)C2CCCC(C1c1ccccc1)C2(C)O. The van der Waals surface area contributed by atoms with Gasteiger partial charge in [-0.15, -0.1) is 0 Å². The van der Waals surface area contributed by atoms with Crippen LogP contribution in [0.4, 0.5) is 0 Å². The molecule has 1 N–H and O–H groups in total. The Balaban J connectivity index is 1.83. The summed E-state index contributed by atoms with van der Waals surface area (Å²) in [6.45, 7) is 2.08. The lowest BCUT2D eigenvalue weighted by Crippen LogP contribution is -2.60. The highest BCUT2D eigenvalue weighted by Gasteiger charge is 2.56. The lowest BCUT2D eigenvalue weighted by molar-refractivity contribution is -0.176. The summed E-state index contributed by atoms with van der Waals surface area (Å²) in [4.78, 5) is 2.52. The maximum Gasteiger partial charge on any atom is 0.0712 e. The molecule has 0 amide bonds. The third-order valence-corrected chi connectivity index (χ3v) is 6.45. The second-order valence-electron chi connectivity index (χ2n) is 7.75. The predicted octanol–water partition coefficient (Wildman–Crippen LogP) is 4.58. The minimum absolute atomic E-state index is 0.267. The molecule has 2 fully saturated rings. The summed E-state index contributed by atoms with van der Waals surface area (Å²) in [5.74, 6) is 0.590. The zero-order valence-electron chi connectivity index (χ0n) is 14.6. The number of hydrogen-bond acceptors (Lipinski definition) is 2. The largest absolute Gasteiger partial charge is 0.389 e. The number of fused-ring (bicyclic) bond motifs is 2. The van der Waals surface area contributed by atoms with Gasteiger partial charge in [0.1, 0.15) is 0 Å². The molecule has 1 saturated heterocycles. The fraction of sp³-hybridized carbons (Fsp3) is 0.455. The van der Waals surface area contributed by atoms with Crippen LogP contribution < -0.4 is 0 Å². The van der Waals surface area contributed by atoms with Gasteiger partial charge in [-0.25, -0.2) is 0 Å². The third-order valence-electron chi connectivity index (χ3n) is 6.45. The van der Waals surface area contributed by atoms with Gasteiger partial charge >= 0.3 is 0 Å². The van der Waals surface area contributed by atoms with Crippen LogP contribution in [0.5, 0.6) is 0 Å². The third kappa shape index (κ3) is 2.40. The van der Waals surface area contributed by atoms with Crippen LogP contribution in [0.1, 0.15) is 49.4 Å². The molecule has 0 spiro atoms. The van der Waals surface area contributed by atoms with E-state index in [1.54, 1.807) is 0 Å². The average molecular weight is 321 g/mol. The summed E-state index contributed by atoms with van der Waals surface area (Å²) in [5, 5.41) is 11.5. The summed E-state index contributed by atoms with van der Waals surface area (Å²) >= 11 is 0. The minimum Gasteiger partial charge on any atom is -0.389 e. The van der Waals surface area contributed by atoms with Crippen molar-refractivity contribution in [2.75, 3.05) is 7.05 Å². The van der Waals surface area contributed by atoms with E-state index in [2.05, 4.69) is 79.5 Å². The van der Waals surface area contributed by atoms with Crippen LogP contribution in [-0.2, 0) is 0 Å². The summed E-state index contributed by atoms with van der Waals surface area (Å²) in [6, 6.07) is 22.0. The Kier molecular flexibility index (Phi) is 3.98. The van der Waals surface area contributed by atoms with E-state index in [0.29, 0.717) is 11.8 Å². The van der Waals surface area contributed by atoms with Crippen LogP contribution in [0.15, 0.2) is 60.7 Å². The zero-order chi connectivity index (χ0) is 16.7. The van der Waals surface area contributed by atoms with E-state index in [1.807, 2.05) is 0 Å². The molecular formula is C22H27NO. The first-order chi connectivity index (χ1) is 11.6. The molecule has 1 aliphatic carbocycles. The topological polar surface area (TPSA) is 23.5 Å². The van der Waals surface area contributed by atoms with Gasteiger partial charge in [0.15, 0.2) is 0 Å². The van der Waals surface area contributed by atoms with Crippen molar-refractivity contribution in [3.05, 3.63) is 71.8 Å². The fourth-order valence-corrected chi connectivity index (χ4v) is 5.35. The van der Waals surface area contributed by atoms with Crippen molar-refractivity contribution in [3.63, 3.8) is 0 Å². The lowest BCUT2D eigenvalue weighted by Gasteiger charge is -2.59. The smallest absolute Gasteiger partial charge is 0.0712 e. The molecule has 0 radical (unpaired) electrons. The maximum absolute atomic E-state index is 11.5. The first-order valence-corrected chi connectivity index (χ1v) is 9.15. The standard InChI is InChI=1S/C22H27NO/c1-22(24)18-14-9-15-19(22)21(17-12-7-4-8-13-17)23(2)20(18)16-10-5-3-6-11-16/h3-8,10-13,18-21,24H,9,14-15H2,1-2H3. The molecule has 4 atom stereocenters. The van der Waals surface area contributed by atoms with Gasteiger partial charge in [0.25, 0.3) is 0 Å². The van der Waals surface area contributed by atoms with E-state index in [1.165, 1.54) is 17.5 Å². The number of benzene rings is 2. The van der Waals surface area contributed by atoms with Crippen molar-refractivity contribution in [1.82, 2.24) is 4.90 Å². The van der Waals surface area contributed by atoms with Crippen LogP contribution in [-0.4, -0.2) is 22.7 Å². The van der Waals surface area contributed by atoms with Crippen LogP contribution >= 0.6 is 0 Å². The van der Waals surface area contributed by atoms with Gasteiger partial charge < -0.3 is 5.11 Å². The highest BCUT2D eigenvalue weighted by Crippen LogP contribution is 2.57. The highest BCUT2D eigenvalue weighted by molar-refractivity contribution is 5.28. The number of aliphatic hydroxyl groups is 1. The Bertz CT molecular complexity index is 624. The Morgan fingerprint density at radius 3 is 1.67 bits per heavy atom. The number of likely N-dealkylation sites (tertiary alicyclic amines) is 1. The average Bonchev–Trinajstić information content (AvgIpc) is 2.58. The normalized spacial score (nSPS) is 36.5. The molecule has 2 aromatic rings. The Labute approximate surface area is 145 Å². The fourth-order valence-electron chi connectivity index (χ4n) is 5.35. The molecule has 1 saturated carbocycles. The van der Waals surface area contributed by atoms with Crippen molar-refractivity contribution >= 4 is 0 Å². The number of piperidine rings is 1. The molecule has 4 unspecified atom stereocenters. The van der Waals surface area contributed by atoms with Crippen LogP contribution in [0.2, 0.25) is 0 Å². The Hall–Kier alpha value is -1.64. The Morgan fingerprint density at radius 1 is 0.833 bits per heavy atom. The summed E-state index contributed by atoms with van der Waals surface area (Å²) in [7, 11) is 2.25. The van der Waals surface area contributed by atoms with Crippen LogP contribution in [0.3, 0.4) is 0 Å². The minimum atomic E-state index is -0.619. The van der Waals surface area contributed by atoms with E-state index >= 15 is 0 Å². The van der Waals surface area contributed by atoms with Gasteiger partial charge in [-0.05, 0) is 37.9 Å². The van der Waals surface area contributed by atoms with E-state index in [0.717, 1.165) is 12.8 Å². The predicted molar refractivity (Wildman–Crippen MR) is 97.6 cm³/mol. The second kappa shape index (κ2) is 6.02. The molecule has 2 heteroatoms. The lowest BCUT2D eigenvalue weighted by atomic mass is 9.58. The van der Waals surface area contributed by atoms with Gasteiger partial charge in [0.2, 0.25) is 0 Å². The second-order valence-corrected chi connectivity index (χ2v) is 7.75. The summed E-state index contributed by atoms with van der Waals surface area (Å²) in [6.07, 6.45) is 3.43. The monoisotopic (exact) mass is 321 g/mol. The molecular weight excluding hydrogens is 294 g/mol. The summed E-state index contributed by atoms with van der Waals surface area (Å²) < 4.78 is 0. The van der Waals surface area contributed by atoms with Crippen LogP contribution in [0, 0.1) is 11.8 Å². The van der Waals surface area contributed by atoms with Gasteiger partial charge in [0.05, 0.1) is 5.60 Å². The number of hydrogen-bond donors (Lipinski definition) is 1. The van der Waals surface area contributed by atoms with Crippen molar-refractivity contribution in [3.8, 4) is 0 Å². The van der Waals surface area contributed by atoms with Crippen LogP contribution in [0.25, 0.3) is 0 Å². The quantitative estimate of drug-likeness (QED) is 0.875. The molecule has 0 aromatic heterocycles. The van der Waals surface area contributed by atoms with Crippen molar-refractivity contribution in [1.29, 1.82) is 0 Å². The van der Waals surface area contributed by atoms with E-state index in [-0.39, 0.29) is 12.1 Å². The van der Waals surface area contributed by atoms with E-state index < -0.39 is 5.60 Å². The molecule has 24 heavy (non-hydrogen) atoms. The van der Waals surface area contributed by atoms with Gasteiger partial charge in [-0.3, -0.25) is 4.90 Å². The number of nitrogens with zero attached hydrogens (tertiary/aromatic N) is 1.